The molecule has 2 aromatic rings. The average Bonchev–Trinajstić information content (AvgIpc) is 2.53. The van der Waals surface area contributed by atoms with Crippen LogP contribution in [0.25, 0.3) is 5.69 Å². The predicted octanol–water partition coefficient (Wildman–Crippen LogP) is 2.91. The zero-order chi connectivity index (χ0) is 13.4. The van der Waals surface area contributed by atoms with Crippen LogP contribution in [0.3, 0.4) is 0 Å². The number of benzene rings is 1. The van der Waals surface area contributed by atoms with E-state index in [-0.39, 0.29) is 6.61 Å². The molecular formula is C15H20N2O. The van der Waals surface area contributed by atoms with Crippen molar-refractivity contribution in [2.45, 2.75) is 41.2 Å². The molecule has 0 atom stereocenters. The molecule has 2 rings (SSSR count). The van der Waals surface area contributed by atoms with Crippen LogP contribution in [0.5, 0.6) is 0 Å². The molecule has 0 aliphatic rings. The third-order valence-electron chi connectivity index (χ3n) is 3.45. The fourth-order valence-electron chi connectivity index (χ4n) is 2.63. The number of aryl methyl sites for hydroxylation is 4. The Morgan fingerprint density at radius 3 is 2.06 bits per heavy atom. The monoisotopic (exact) mass is 244 g/mol. The second kappa shape index (κ2) is 4.58. The van der Waals surface area contributed by atoms with Gasteiger partial charge >= 0.3 is 0 Å². The van der Waals surface area contributed by atoms with Crippen LogP contribution in [0.2, 0.25) is 0 Å². The Labute approximate surface area is 108 Å². The maximum atomic E-state index is 9.39. The number of aromatic nitrogens is 2. The molecule has 96 valence electrons. The minimum Gasteiger partial charge on any atom is -0.392 e. The lowest BCUT2D eigenvalue weighted by atomic mass is 10.0. The van der Waals surface area contributed by atoms with Crippen molar-refractivity contribution < 1.29 is 5.11 Å². The summed E-state index contributed by atoms with van der Waals surface area (Å²) in [5.41, 5.74) is 7.65. The molecule has 0 fully saturated rings. The van der Waals surface area contributed by atoms with E-state index in [0.717, 1.165) is 22.6 Å². The molecular weight excluding hydrogens is 224 g/mol. The van der Waals surface area contributed by atoms with E-state index in [1.54, 1.807) is 0 Å². The molecule has 0 spiro atoms. The van der Waals surface area contributed by atoms with Gasteiger partial charge in [-0.25, -0.2) is 4.68 Å². The number of rotatable bonds is 2. The number of hydrogen-bond donors (Lipinski definition) is 1. The van der Waals surface area contributed by atoms with Crippen LogP contribution in [-0.4, -0.2) is 14.9 Å². The lowest BCUT2D eigenvalue weighted by molar-refractivity contribution is 0.280. The van der Waals surface area contributed by atoms with E-state index in [9.17, 15) is 5.11 Å². The predicted molar refractivity (Wildman–Crippen MR) is 73.2 cm³/mol. The van der Waals surface area contributed by atoms with Crippen LogP contribution in [0, 0.1) is 34.6 Å². The van der Waals surface area contributed by atoms with Gasteiger partial charge in [0.2, 0.25) is 0 Å². The van der Waals surface area contributed by atoms with Crippen molar-refractivity contribution in [3.05, 3.63) is 45.8 Å². The van der Waals surface area contributed by atoms with E-state index >= 15 is 0 Å². The normalized spacial score (nSPS) is 11.0. The van der Waals surface area contributed by atoms with E-state index in [1.165, 1.54) is 16.7 Å². The summed E-state index contributed by atoms with van der Waals surface area (Å²) in [4.78, 5) is 0. The van der Waals surface area contributed by atoms with Crippen molar-refractivity contribution in [1.82, 2.24) is 9.78 Å². The van der Waals surface area contributed by atoms with Crippen LogP contribution >= 0.6 is 0 Å². The fraction of sp³-hybridized carbons (Fsp3) is 0.400. The summed E-state index contributed by atoms with van der Waals surface area (Å²) in [6.45, 7) is 10.3. The van der Waals surface area contributed by atoms with Gasteiger partial charge in [0.15, 0.2) is 0 Å². The van der Waals surface area contributed by atoms with Crippen molar-refractivity contribution in [3.8, 4) is 5.69 Å². The highest BCUT2D eigenvalue weighted by Gasteiger charge is 2.15. The van der Waals surface area contributed by atoms with Crippen molar-refractivity contribution in [2.24, 2.45) is 0 Å². The second-order valence-electron chi connectivity index (χ2n) is 4.97. The first-order valence-corrected chi connectivity index (χ1v) is 6.20. The summed E-state index contributed by atoms with van der Waals surface area (Å²) in [5.74, 6) is 0. The minimum atomic E-state index is 0.0433. The highest BCUT2D eigenvalue weighted by atomic mass is 16.3. The molecule has 0 unspecified atom stereocenters. The standard InChI is InChI=1S/C15H20N2O/c1-9-6-10(2)15(11(3)7-9)17-13(5)14(8-18)12(4)16-17/h6-7,18H,8H2,1-5H3. The maximum Gasteiger partial charge on any atom is 0.0718 e. The summed E-state index contributed by atoms with van der Waals surface area (Å²) in [7, 11) is 0. The topological polar surface area (TPSA) is 38.0 Å². The first-order chi connectivity index (χ1) is 8.45. The zero-order valence-electron chi connectivity index (χ0n) is 11.7. The van der Waals surface area contributed by atoms with Gasteiger partial charge in [-0.2, -0.15) is 5.10 Å². The summed E-state index contributed by atoms with van der Waals surface area (Å²) in [5, 5.41) is 13.9. The van der Waals surface area contributed by atoms with Gasteiger partial charge in [0, 0.05) is 11.3 Å². The number of nitrogens with zero attached hydrogens (tertiary/aromatic N) is 2. The molecule has 0 aliphatic carbocycles. The highest BCUT2D eigenvalue weighted by Crippen LogP contribution is 2.24. The van der Waals surface area contributed by atoms with E-state index in [2.05, 4.69) is 38.0 Å². The van der Waals surface area contributed by atoms with Gasteiger partial charge in [-0.3, -0.25) is 0 Å². The highest BCUT2D eigenvalue weighted by molar-refractivity contribution is 5.50. The molecule has 1 heterocycles. The van der Waals surface area contributed by atoms with Crippen LogP contribution in [-0.2, 0) is 6.61 Å². The Kier molecular flexibility index (Phi) is 3.26. The third kappa shape index (κ3) is 1.95. The van der Waals surface area contributed by atoms with E-state index in [4.69, 9.17) is 0 Å². The third-order valence-corrected chi connectivity index (χ3v) is 3.45. The van der Waals surface area contributed by atoms with Crippen molar-refractivity contribution in [3.63, 3.8) is 0 Å². The average molecular weight is 244 g/mol. The minimum absolute atomic E-state index is 0.0433. The smallest absolute Gasteiger partial charge is 0.0718 e. The number of aliphatic hydroxyl groups excluding tert-OH is 1. The summed E-state index contributed by atoms with van der Waals surface area (Å²) >= 11 is 0. The van der Waals surface area contributed by atoms with Crippen molar-refractivity contribution >= 4 is 0 Å². The van der Waals surface area contributed by atoms with E-state index in [1.807, 2.05) is 18.5 Å². The molecule has 3 nitrogen and oxygen atoms in total. The summed E-state index contributed by atoms with van der Waals surface area (Å²) < 4.78 is 1.95. The van der Waals surface area contributed by atoms with Crippen LogP contribution in [0.1, 0.15) is 33.6 Å². The van der Waals surface area contributed by atoms with Gasteiger partial charge < -0.3 is 5.11 Å². The van der Waals surface area contributed by atoms with Crippen molar-refractivity contribution in [2.75, 3.05) is 0 Å². The molecule has 18 heavy (non-hydrogen) atoms. The first-order valence-electron chi connectivity index (χ1n) is 6.20. The Morgan fingerprint density at radius 2 is 1.61 bits per heavy atom. The lowest BCUT2D eigenvalue weighted by Gasteiger charge is -2.13. The summed E-state index contributed by atoms with van der Waals surface area (Å²) in [6, 6.07) is 4.33. The van der Waals surface area contributed by atoms with Crippen LogP contribution in [0.4, 0.5) is 0 Å². The molecule has 0 amide bonds. The van der Waals surface area contributed by atoms with E-state index < -0.39 is 0 Å². The maximum absolute atomic E-state index is 9.39. The Balaban J connectivity index is 2.70. The Bertz CT molecular complexity index is 574. The van der Waals surface area contributed by atoms with E-state index in [0.29, 0.717) is 0 Å². The summed E-state index contributed by atoms with van der Waals surface area (Å²) in [6.07, 6.45) is 0. The lowest BCUT2D eigenvalue weighted by Crippen LogP contribution is -2.05. The molecule has 1 aromatic carbocycles. The molecule has 0 bridgehead atoms. The Hall–Kier alpha value is -1.61. The van der Waals surface area contributed by atoms with Gasteiger partial charge in [-0.05, 0) is 45.7 Å². The fourth-order valence-corrected chi connectivity index (χ4v) is 2.63. The molecule has 1 aromatic heterocycles. The largest absolute Gasteiger partial charge is 0.392 e. The van der Waals surface area contributed by atoms with Gasteiger partial charge in [0.05, 0.1) is 18.0 Å². The van der Waals surface area contributed by atoms with Crippen LogP contribution < -0.4 is 0 Å². The second-order valence-corrected chi connectivity index (χ2v) is 4.97. The van der Waals surface area contributed by atoms with Crippen LogP contribution in [0.15, 0.2) is 12.1 Å². The van der Waals surface area contributed by atoms with Crippen molar-refractivity contribution in [1.29, 1.82) is 0 Å². The molecule has 0 saturated carbocycles. The number of aliphatic hydroxyl groups is 1. The number of hydrogen-bond acceptors (Lipinski definition) is 2. The first kappa shape index (κ1) is 12.8. The quantitative estimate of drug-likeness (QED) is 0.882. The van der Waals surface area contributed by atoms with Gasteiger partial charge in [-0.1, -0.05) is 17.7 Å². The Morgan fingerprint density at radius 1 is 1.06 bits per heavy atom. The molecule has 3 heteroatoms. The molecule has 0 aliphatic heterocycles. The van der Waals surface area contributed by atoms with Gasteiger partial charge in [-0.15, -0.1) is 0 Å². The van der Waals surface area contributed by atoms with Gasteiger partial charge in [0.25, 0.3) is 0 Å². The SMILES string of the molecule is Cc1cc(C)c(-n2nc(C)c(CO)c2C)c(C)c1. The van der Waals surface area contributed by atoms with Gasteiger partial charge in [0.1, 0.15) is 0 Å². The molecule has 0 radical (unpaired) electrons. The zero-order valence-corrected chi connectivity index (χ0v) is 11.7. The molecule has 1 N–H and O–H groups in total. The molecule has 0 saturated heterocycles.